The van der Waals surface area contributed by atoms with Crippen LogP contribution in [0.5, 0.6) is 0 Å². The van der Waals surface area contributed by atoms with Crippen molar-refractivity contribution in [2.24, 2.45) is 40.6 Å². The Hall–Kier alpha value is -2.43. The lowest BCUT2D eigenvalue weighted by molar-refractivity contribution is -0.140. The summed E-state index contributed by atoms with van der Waals surface area (Å²) < 4.78 is 0. The molecule has 0 spiro atoms. The first-order chi connectivity index (χ1) is 12.1. The molecule has 5 nitrogen and oxygen atoms in total. The van der Waals surface area contributed by atoms with Crippen LogP contribution in [0.1, 0.15) is 12.0 Å². The van der Waals surface area contributed by atoms with Crippen LogP contribution in [0.4, 0.5) is 5.69 Å². The minimum Gasteiger partial charge on any atom is -0.378 e. The molecule has 25 heavy (non-hydrogen) atoms. The highest BCUT2D eigenvalue weighted by Crippen LogP contribution is 2.65. The highest BCUT2D eigenvalue weighted by molar-refractivity contribution is 6.06. The maximum atomic E-state index is 12.8. The van der Waals surface area contributed by atoms with Crippen molar-refractivity contribution in [3.8, 4) is 0 Å². The zero-order valence-corrected chi connectivity index (χ0v) is 14.4. The fourth-order valence-electron chi connectivity index (χ4n) is 5.04. The van der Waals surface area contributed by atoms with Crippen molar-refractivity contribution in [3.63, 3.8) is 0 Å². The maximum absolute atomic E-state index is 12.8. The lowest BCUT2D eigenvalue weighted by atomic mass is 9.63. The Bertz CT molecular complexity index is 775. The van der Waals surface area contributed by atoms with Crippen LogP contribution in [0, 0.1) is 35.5 Å². The van der Waals surface area contributed by atoms with Gasteiger partial charge in [-0.25, -0.2) is 0 Å². The van der Waals surface area contributed by atoms with Crippen LogP contribution in [-0.2, 0) is 9.59 Å². The third-order valence-electron chi connectivity index (χ3n) is 6.37. The molecule has 5 heteroatoms. The number of imide groups is 1. The molecule has 0 N–H and O–H groups in total. The van der Waals surface area contributed by atoms with E-state index in [-0.39, 0.29) is 35.5 Å². The zero-order chi connectivity index (χ0) is 17.3. The van der Waals surface area contributed by atoms with Crippen molar-refractivity contribution >= 4 is 23.7 Å². The zero-order valence-electron chi connectivity index (χ0n) is 14.4. The van der Waals surface area contributed by atoms with Crippen LogP contribution < -0.4 is 4.90 Å². The van der Waals surface area contributed by atoms with Gasteiger partial charge in [0.1, 0.15) is 0 Å². The highest BCUT2D eigenvalue weighted by atomic mass is 16.2. The molecule has 0 aromatic heterocycles. The molecule has 1 heterocycles. The van der Waals surface area contributed by atoms with Crippen molar-refractivity contribution in [2.45, 2.75) is 6.42 Å². The topological polar surface area (TPSA) is 53.0 Å². The summed E-state index contributed by atoms with van der Waals surface area (Å²) in [6.45, 7) is 0. The molecular weight excluding hydrogens is 314 g/mol. The summed E-state index contributed by atoms with van der Waals surface area (Å²) in [6.07, 6.45) is 7.15. The predicted octanol–water partition coefficient (Wildman–Crippen LogP) is 2.14. The number of hydrogen-bond donors (Lipinski definition) is 0. The number of nitrogens with zero attached hydrogens (tertiary/aromatic N) is 3. The van der Waals surface area contributed by atoms with Gasteiger partial charge in [-0.3, -0.25) is 9.59 Å². The number of amides is 2. The van der Waals surface area contributed by atoms with Crippen LogP contribution in [0.15, 0.2) is 41.5 Å². The van der Waals surface area contributed by atoms with Crippen molar-refractivity contribution < 1.29 is 9.59 Å². The van der Waals surface area contributed by atoms with Gasteiger partial charge in [0.05, 0.1) is 18.1 Å². The van der Waals surface area contributed by atoms with Gasteiger partial charge in [-0.2, -0.15) is 10.1 Å². The van der Waals surface area contributed by atoms with Crippen LogP contribution in [0.3, 0.4) is 0 Å². The second-order valence-electron chi connectivity index (χ2n) is 7.87. The van der Waals surface area contributed by atoms with Gasteiger partial charge in [-0.1, -0.05) is 24.3 Å². The Balaban J connectivity index is 1.39. The molecule has 2 bridgehead atoms. The summed E-state index contributed by atoms with van der Waals surface area (Å²) in [6, 6.07) is 7.87. The molecule has 6 rings (SSSR count). The van der Waals surface area contributed by atoms with Crippen molar-refractivity contribution in [1.82, 2.24) is 5.01 Å². The molecule has 0 unspecified atom stereocenters. The van der Waals surface area contributed by atoms with Gasteiger partial charge < -0.3 is 4.90 Å². The quantitative estimate of drug-likeness (QED) is 0.483. The lowest BCUT2D eigenvalue weighted by Gasteiger charge is -2.37. The standard InChI is InChI=1S/C20H21N3O2/c1-22(2)12-5-3-11(4-6-12)10-21-23-19(24)17-13-7-8-14(16-9-15(13)16)18(17)20(23)25/h3-8,10,13-18H,9H2,1-2H3/b21-10-/t13-,14-,15-,16-,17-,18+/m1/s1. The average molecular weight is 335 g/mol. The van der Waals surface area contributed by atoms with E-state index >= 15 is 0 Å². The van der Waals surface area contributed by atoms with E-state index in [4.69, 9.17) is 0 Å². The first-order valence-electron chi connectivity index (χ1n) is 8.94. The molecule has 128 valence electrons. The monoisotopic (exact) mass is 335 g/mol. The first kappa shape index (κ1) is 14.9. The third-order valence-corrected chi connectivity index (χ3v) is 6.37. The summed E-state index contributed by atoms with van der Waals surface area (Å²) in [5.41, 5.74) is 1.98. The Labute approximate surface area is 147 Å². The van der Waals surface area contributed by atoms with Gasteiger partial charge in [-0.15, -0.1) is 0 Å². The molecule has 5 aliphatic rings. The average Bonchev–Trinajstić information content (AvgIpc) is 3.39. The molecule has 2 saturated carbocycles. The van der Waals surface area contributed by atoms with Gasteiger partial charge in [0.25, 0.3) is 11.8 Å². The SMILES string of the molecule is CN(C)c1ccc(/C=N\N2C(=O)[C@@H]3[C@@H]4C=C[C@H]([C@H]5C[C@H]45)[C@@H]3C2=O)cc1. The van der Waals surface area contributed by atoms with Gasteiger partial charge in [0, 0.05) is 19.8 Å². The van der Waals surface area contributed by atoms with Gasteiger partial charge in [0.15, 0.2) is 0 Å². The lowest BCUT2D eigenvalue weighted by Crippen LogP contribution is -2.40. The molecule has 1 aromatic rings. The molecular formula is C20H21N3O2. The van der Waals surface area contributed by atoms with E-state index in [2.05, 4.69) is 17.3 Å². The summed E-state index contributed by atoms with van der Waals surface area (Å²) in [5.74, 6) is 1.15. The normalized spacial score (nSPS) is 37.6. The summed E-state index contributed by atoms with van der Waals surface area (Å²) in [5, 5.41) is 5.39. The predicted molar refractivity (Wildman–Crippen MR) is 94.9 cm³/mol. The smallest absolute Gasteiger partial charge is 0.254 e. The minimum absolute atomic E-state index is 0.110. The van der Waals surface area contributed by atoms with Crippen molar-refractivity contribution in [2.75, 3.05) is 19.0 Å². The Kier molecular flexibility index (Phi) is 3.00. The van der Waals surface area contributed by atoms with Crippen LogP contribution >= 0.6 is 0 Å². The Morgan fingerprint density at radius 2 is 1.56 bits per heavy atom. The molecule has 1 aromatic carbocycles. The molecule has 1 aliphatic heterocycles. The van der Waals surface area contributed by atoms with E-state index in [1.807, 2.05) is 43.3 Å². The summed E-state index contributed by atoms with van der Waals surface area (Å²) in [4.78, 5) is 27.7. The number of anilines is 1. The van der Waals surface area contributed by atoms with Crippen molar-refractivity contribution in [3.05, 3.63) is 42.0 Å². The van der Waals surface area contributed by atoms with Gasteiger partial charge in [0.2, 0.25) is 0 Å². The fraction of sp³-hybridized carbons (Fsp3) is 0.450. The number of hydrogen-bond acceptors (Lipinski definition) is 4. The van der Waals surface area contributed by atoms with Crippen LogP contribution in [0.25, 0.3) is 0 Å². The van der Waals surface area contributed by atoms with E-state index in [1.165, 1.54) is 6.42 Å². The third kappa shape index (κ3) is 2.04. The number of rotatable bonds is 3. The van der Waals surface area contributed by atoms with E-state index in [9.17, 15) is 9.59 Å². The largest absolute Gasteiger partial charge is 0.378 e. The number of hydrazone groups is 1. The molecule has 2 amide bonds. The molecule has 0 radical (unpaired) electrons. The number of allylic oxidation sites excluding steroid dienone is 2. The second-order valence-corrected chi connectivity index (χ2v) is 7.87. The number of benzene rings is 1. The van der Waals surface area contributed by atoms with Gasteiger partial charge >= 0.3 is 0 Å². The first-order valence-corrected chi connectivity index (χ1v) is 8.94. The molecule has 4 aliphatic carbocycles. The van der Waals surface area contributed by atoms with E-state index in [1.54, 1.807) is 6.21 Å². The summed E-state index contributed by atoms with van der Waals surface area (Å²) in [7, 11) is 3.97. The summed E-state index contributed by atoms with van der Waals surface area (Å²) >= 11 is 0. The maximum Gasteiger partial charge on any atom is 0.254 e. The van der Waals surface area contributed by atoms with E-state index in [0.29, 0.717) is 11.8 Å². The molecule has 3 fully saturated rings. The van der Waals surface area contributed by atoms with E-state index in [0.717, 1.165) is 16.3 Å². The Morgan fingerprint density at radius 1 is 1.00 bits per heavy atom. The molecule has 6 atom stereocenters. The number of carbonyl (C=O) groups is 2. The molecule has 1 saturated heterocycles. The van der Waals surface area contributed by atoms with Crippen molar-refractivity contribution in [1.29, 1.82) is 0 Å². The second kappa shape index (κ2) is 5.04. The highest BCUT2D eigenvalue weighted by Gasteiger charge is 2.67. The van der Waals surface area contributed by atoms with Crippen LogP contribution in [-0.4, -0.2) is 37.1 Å². The van der Waals surface area contributed by atoms with E-state index < -0.39 is 0 Å². The van der Waals surface area contributed by atoms with Crippen LogP contribution in [0.2, 0.25) is 0 Å². The minimum atomic E-state index is -0.181. The van der Waals surface area contributed by atoms with Gasteiger partial charge in [-0.05, 0) is 47.8 Å². The number of carbonyl (C=O) groups excluding carboxylic acids is 2. The fourth-order valence-corrected chi connectivity index (χ4v) is 5.04. The Morgan fingerprint density at radius 3 is 2.08 bits per heavy atom.